The maximum atomic E-state index is 12.4. The number of rotatable bonds is 3. The molecule has 0 radical (unpaired) electrons. The molecule has 0 aliphatic rings. The Morgan fingerprint density at radius 3 is 2.52 bits per heavy atom. The lowest BCUT2D eigenvalue weighted by atomic mass is 10.2. The minimum Gasteiger partial charge on any atom is -0.321 e. The Morgan fingerprint density at radius 2 is 1.83 bits per heavy atom. The molecule has 5 nitrogen and oxygen atoms in total. The van der Waals surface area contributed by atoms with Gasteiger partial charge < -0.3 is 5.32 Å². The van der Waals surface area contributed by atoms with Crippen LogP contribution in [-0.2, 0) is 0 Å². The van der Waals surface area contributed by atoms with Crippen LogP contribution in [0.25, 0.3) is 5.69 Å². The lowest BCUT2D eigenvalue weighted by molar-refractivity contribution is 0.102. The normalized spacial score (nSPS) is 10.6. The third-order valence-electron chi connectivity index (χ3n) is 3.26. The van der Waals surface area contributed by atoms with E-state index >= 15 is 0 Å². The zero-order valence-corrected chi connectivity index (χ0v) is 15.3. The number of halogens is 2. The fraction of sp³-hybridized carbons (Fsp3) is 0.0625. The Balaban J connectivity index is 1.86. The average Bonchev–Trinajstić information content (AvgIpc) is 2.91. The highest BCUT2D eigenvalue weighted by atomic mass is 79.9. The van der Waals surface area contributed by atoms with Crippen molar-refractivity contribution in [3.63, 3.8) is 0 Å². The Bertz CT molecular complexity index is 859. The Kier molecular flexibility index (Phi) is 4.58. The van der Waals surface area contributed by atoms with Crippen LogP contribution >= 0.6 is 31.9 Å². The molecule has 0 bridgehead atoms. The van der Waals surface area contributed by atoms with Crippen LogP contribution < -0.4 is 5.32 Å². The first kappa shape index (κ1) is 15.9. The minimum absolute atomic E-state index is 0.286. The van der Waals surface area contributed by atoms with E-state index in [2.05, 4.69) is 47.5 Å². The summed E-state index contributed by atoms with van der Waals surface area (Å²) in [6.07, 6.45) is 0. The summed E-state index contributed by atoms with van der Waals surface area (Å²) in [7, 11) is 0. The Labute approximate surface area is 150 Å². The molecule has 0 spiro atoms. The van der Waals surface area contributed by atoms with Crippen LogP contribution in [0.5, 0.6) is 0 Å². The van der Waals surface area contributed by atoms with E-state index in [1.165, 1.54) is 0 Å². The monoisotopic (exact) mass is 434 g/mol. The number of aromatic nitrogens is 3. The summed E-state index contributed by atoms with van der Waals surface area (Å²) >= 11 is 6.79. The molecule has 0 atom stereocenters. The summed E-state index contributed by atoms with van der Waals surface area (Å²) in [6, 6.07) is 15.0. The number of carbonyl (C=O) groups is 1. The van der Waals surface area contributed by atoms with E-state index < -0.39 is 0 Å². The van der Waals surface area contributed by atoms with Gasteiger partial charge in [-0.05, 0) is 49.4 Å². The summed E-state index contributed by atoms with van der Waals surface area (Å²) in [6.45, 7) is 1.82. The average molecular weight is 436 g/mol. The molecule has 0 fully saturated rings. The van der Waals surface area contributed by atoms with Crippen molar-refractivity contribution in [2.24, 2.45) is 0 Å². The molecule has 0 saturated heterocycles. The highest BCUT2D eigenvalue weighted by Crippen LogP contribution is 2.19. The van der Waals surface area contributed by atoms with E-state index in [1.807, 2.05) is 55.5 Å². The fourth-order valence-corrected chi connectivity index (χ4v) is 2.77. The van der Waals surface area contributed by atoms with E-state index in [0.717, 1.165) is 14.6 Å². The molecule has 116 valence electrons. The maximum absolute atomic E-state index is 12.4. The van der Waals surface area contributed by atoms with Crippen molar-refractivity contribution in [3.05, 3.63) is 68.9 Å². The van der Waals surface area contributed by atoms with Gasteiger partial charge in [0, 0.05) is 14.6 Å². The number of nitrogens with one attached hydrogen (secondary N) is 1. The van der Waals surface area contributed by atoms with Crippen LogP contribution in [0.1, 0.15) is 16.2 Å². The number of hydrogen-bond acceptors (Lipinski definition) is 3. The second-order valence-electron chi connectivity index (χ2n) is 4.88. The van der Waals surface area contributed by atoms with E-state index in [0.29, 0.717) is 17.1 Å². The maximum Gasteiger partial charge on any atom is 0.278 e. The van der Waals surface area contributed by atoms with Crippen LogP contribution in [-0.4, -0.2) is 20.9 Å². The quantitative estimate of drug-likeness (QED) is 0.665. The van der Waals surface area contributed by atoms with Gasteiger partial charge in [0.05, 0.1) is 11.4 Å². The summed E-state index contributed by atoms with van der Waals surface area (Å²) in [5.41, 5.74) is 2.52. The summed E-state index contributed by atoms with van der Waals surface area (Å²) < 4.78 is 3.53. The van der Waals surface area contributed by atoms with Crippen molar-refractivity contribution in [3.8, 4) is 5.69 Å². The first-order valence-corrected chi connectivity index (χ1v) is 8.38. The Morgan fingerprint density at radius 1 is 1.09 bits per heavy atom. The van der Waals surface area contributed by atoms with Gasteiger partial charge in [-0.2, -0.15) is 0 Å². The van der Waals surface area contributed by atoms with Gasteiger partial charge in [0.15, 0.2) is 5.69 Å². The molecule has 1 heterocycles. The third-order valence-corrected chi connectivity index (χ3v) is 4.29. The molecule has 1 N–H and O–H groups in total. The third kappa shape index (κ3) is 3.51. The zero-order chi connectivity index (χ0) is 16.4. The summed E-state index contributed by atoms with van der Waals surface area (Å²) in [5.74, 6) is -0.286. The van der Waals surface area contributed by atoms with Crippen molar-refractivity contribution in [1.29, 1.82) is 0 Å². The summed E-state index contributed by atoms with van der Waals surface area (Å²) in [5, 5.41) is 10.9. The van der Waals surface area contributed by atoms with Gasteiger partial charge in [0.2, 0.25) is 0 Å². The number of hydrogen-bond donors (Lipinski definition) is 1. The van der Waals surface area contributed by atoms with Crippen molar-refractivity contribution >= 4 is 43.5 Å². The van der Waals surface area contributed by atoms with E-state index in [4.69, 9.17) is 0 Å². The number of anilines is 1. The van der Waals surface area contributed by atoms with Gasteiger partial charge >= 0.3 is 0 Å². The number of carbonyl (C=O) groups excluding carboxylic acids is 1. The molecule has 0 aliphatic heterocycles. The summed E-state index contributed by atoms with van der Waals surface area (Å²) in [4.78, 5) is 12.4. The topological polar surface area (TPSA) is 59.8 Å². The standard InChI is InChI=1S/C16H12Br2N4O/c1-10-15(16(23)19-13-7-5-11(17)6-8-13)20-21-22(10)14-4-2-3-12(18)9-14/h2-9H,1H3,(H,19,23). The predicted molar refractivity (Wildman–Crippen MR) is 95.9 cm³/mol. The van der Waals surface area contributed by atoms with Crippen molar-refractivity contribution in [2.45, 2.75) is 6.92 Å². The van der Waals surface area contributed by atoms with Gasteiger partial charge in [0.25, 0.3) is 5.91 Å². The molecular formula is C16H12Br2N4O. The van der Waals surface area contributed by atoms with Crippen molar-refractivity contribution in [2.75, 3.05) is 5.32 Å². The SMILES string of the molecule is Cc1c(C(=O)Nc2ccc(Br)cc2)nnn1-c1cccc(Br)c1. The molecule has 0 unspecified atom stereocenters. The molecular weight excluding hydrogens is 424 g/mol. The fourth-order valence-electron chi connectivity index (χ4n) is 2.12. The van der Waals surface area contributed by atoms with Gasteiger partial charge in [-0.1, -0.05) is 43.1 Å². The second kappa shape index (κ2) is 6.64. The number of benzene rings is 2. The van der Waals surface area contributed by atoms with Crippen molar-refractivity contribution < 1.29 is 4.79 Å². The molecule has 1 aromatic heterocycles. The largest absolute Gasteiger partial charge is 0.321 e. The van der Waals surface area contributed by atoms with Crippen LogP contribution in [0.2, 0.25) is 0 Å². The molecule has 23 heavy (non-hydrogen) atoms. The molecule has 0 aliphatic carbocycles. The van der Waals surface area contributed by atoms with Crippen LogP contribution in [0.4, 0.5) is 5.69 Å². The molecule has 2 aromatic carbocycles. The number of amides is 1. The lowest BCUT2D eigenvalue weighted by Crippen LogP contribution is -2.14. The minimum atomic E-state index is -0.286. The second-order valence-corrected chi connectivity index (χ2v) is 6.71. The highest BCUT2D eigenvalue weighted by Gasteiger charge is 2.17. The first-order valence-electron chi connectivity index (χ1n) is 6.80. The van der Waals surface area contributed by atoms with E-state index in [1.54, 1.807) is 4.68 Å². The van der Waals surface area contributed by atoms with Crippen LogP contribution in [0, 0.1) is 6.92 Å². The molecule has 7 heteroatoms. The highest BCUT2D eigenvalue weighted by molar-refractivity contribution is 9.10. The van der Waals surface area contributed by atoms with Gasteiger partial charge in [-0.3, -0.25) is 4.79 Å². The van der Waals surface area contributed by atoms with Crippen molar-refractivity contribution in [1.82, 2.24) is 15.0 Å². The molecule has 3 aromatic rings. The zero-order valence-electron chi connectivity index (χ0n) is 12.1. The predicted octanol–water partition coefficient (Wildman–Crippen LogP) is 4.35. The van der Waals surface area contributed by atoms with E-state index in [9.17, 15) is 4.79 Å². The van der Waals surface area contributed by atoms with E-state index in [-0.39, 0.29) is 5.91 Å². The van der Waals surface area contributed by atoms with Gasteiger partial charge in [-0.25, -0.2) is 4.68 Å². The smallest absolute Gasteiger partial charge is 0.278 e. The van der Waals surface area contributed by atoms with Crippen LogP contribution in [0.3, 0.4) is 0 Å². The lowest BCUT2D eigenvalue weighted by Gasteiger charge is -2.05. The molecule has 3 rings (SSSR count). The first-order chi connectivity index (χ1) is 11.0. The van der Waals surface area contributed by atoms with Gasteiger partial charge in [-0.15, -0.1) is 5.10 Å². The molecule has 0 saturated carbocycles. The Hall–Kier alpha value is -1.99. The molecule has 1 amide bonds. The number of nitrogens with zero attached hydrogens (tertiary/aromatic N) is 3. The van der Waals surface area contributed by atoms with Gasteiger partial charge in [0.1, 0.15) is 0 Å². The van der Waals surface area contributed by atoms with Crippen LogP contribution in [0.15, 0.2) is 57.5 Å².